The van der Waals surface area contributed by atoms with Crippen LogP contribution in [0.3, 0.4) is 0 Å². The number of carbonyl (C=O) groups excluding carboxylic acids is 2. The van der Waals surface area contributed by atoms with Crippen LogP contribution in [0.1, 0.15) is 11.1 Å². The molecule has 23 heavy (non-hydrogen) atoms. The van der Waals surface area contributed by atoms with E-state index in [0.29, 0.717) is 17.3 Å². The lowest BCUT2D eigenvalue weighted by atomic mass is 10.2. The van der Waals surface area contributed by atoms with Crippen molar-refractivity contribution in [3.8, 4) is 11.5 Å². The molecule has 0 fully saturated rings. The maximum Gasteiger partial charge on any atom is 0.314 e. The van der Waals surface area contributed by atoms with Gasteiger partial charge in [0.25, 0.3) is 0 Å². The van der Waals surface area contributed by atoms with Gasteiger partial charge in [-0.15, -0.1) is 0 Å². The number of nitrogens with zero attached hydrogens (tertiary/aromatic N) is 1. The second kappa shape index (κ2) is 6.35. The van der Waals surface area contributed by atoms with Gasteiger partial charge in [-0.05, 0) is 36.2 Å². The van der Waals surface area contributed by atoms with Crippen LogP contribution in [0, 0.1) is 6.92 Å². The lowest BCUT2D eigenvalue weighted by Crippen LogP contribution is -2.35. The van der Waals surface area contributed by atoms with Gasteiger partial charge in [0.1, 0.15) is 5.82 Å². The molecule has 1 aliphatic heterocycles. The number of anilines is 1. The number of ether oxygens (including phenoxy) is 2. The van der Waals surface area contributed by atoms with E-state index in [9.17, 15) is 9.59 Å². The number of benzene rings is 1. The van der Waals surface area contributed by atoms with E-state index >= 15 is 0 Å². The number of fused-ring (bicyclic) bond motifs is 1. The molecular formula is C16H15N3O4. The molecule has 2 aromatic rings. The number of nitrogens with one attached hydrogen (secondary N) is 2. The summed E-state index contributed by atoms with van der Waals surface area (Å²) in [7, 11) is 0. The minimum Gasteiger partial charge on any atom is -0.454 e. The molecule has 2 heterocycles. The zero-order valence-electron chi connectivity index (χ0n) is 12.5. The third kappa shape index (κ3) is 3.57. The molecule has 1 aromatic carbocycles. The molecule has 0 unspecified atom stereocenters. The van der Waals surface area contributed by atoms with E-state index in [-0.39, 0.29) is 13.3 Å². The lowest BCUT2D eigenvalue weighted by molar-refractivity contribution is -0.136. The van der Waals surface area contributed by atoms with Gasteiger partial charge in [-0.25, -0.2) is 4.98 Å². The number of hydrogen-bond donors (Lipinski definition) is 2. The Bertz CT molecular complexity index is 743. The van der Waals surface area contributed by atoms with E-state index in [1.54, 1.807) is 36.5 Å². The summed E-state index contributed by atoms with van der Waals surface area (Å²) in [6.07, 6.45) is 1.61. The Labute approximate surface area is 132 Å². The summed E-state index contributed by atoms with van der Waals surface area (Å²) in [5.41, 5.74) is 1.78. The number of rotatable bonds is 3. The van der Waals surface area contributed by atoms with Crippen LogP contribution in [-0.2, 0) is 16.1 Å². The molecule has 3 rings (SSSR count). The SMILES string of the molecule is Cc1ccc(NC(=O)C(=O)NCc2ccc3c(c2)OCO3)nc1. The first-order chi connectivity index (χ1) is 11.1. The van der Waals surface area contributed by atoms with Crippen molar-refractivity contribution in [3.63, 3.8) is 0 Å². The van der Waals surface area contributed by atoms with Crippen LogP contribution in [-0.4, -0.2) is 23.6 Å². The quantitative estimate of drug-likeness (QED) is 0.836. The Morgan fingerprint density at radius 1 is 1.13 bits per heavy atom. The summed E-state index contributed by atoms with van der Waals surface area (Å²) in [5.74, 6) is 0.138. The average Bonchev–Trinajstić information content (AvgIpc) is 3.02. The van der Waals surface area contributed by atoms with E-state index in [0.717, 1.165) is 11.1 Å². The molecule has 0 radical (unpaired) electrons. The van der Waals surface area contributed by atoms with E-state index in [1.807, 2.05) is 6.92 Å². The minimum atomic E-state index is -0.762. The van der Waals surface area contributed by atoms with Crippen molar-refractivity contribution in [1.82, 2.24) is 10.3 Å². The maximum atomic E-state index is 11.8. The number of amides is 2. The normalized spacial score (nSPS) is 11.9. The molecule has 0 saturated carbocycles. The third-order valence-electron chi connectivity index (χ3n) is 3.25. The fraction of sp³-hybridized carbons (Fsp3) is 0.188. The van der Waals surface area contributed by atoms with Gasteiger partial charge in [-0.1, -0.05) is 12.1 Å². The predicted molar refractivity (Wildman–Crippen MR) is 82.0 cm³/mol. The van der Waals surface area contributed by atoms with Gasteiger partial charge in [-0.2, -0.15) is 0 Å². The van der Waals surface area contributed by atoms with Gasteiger partial charge in [0.05, 0.1) is 0 Å². The van der Waals surface area contributed by atoms with Crippen molar-refractivity contribution in [2.75, 3.05) is 12.1 Å². The average molecular weight is 313 g/mol. The van der Waals surface area contributed by atoms with Crippen molar-refractivity contribution < 1.29 is 19.1 Å². The summed E-state index contributed by atoms with van der Waals surface area (Å²) < 4.78 is 10.5. The number of hydrogen-bond acceptors (Lipinski definition) is 5. The molecular weight excluding hydrogens is 298 g/mol. The van der Waals surface area contributed by atoms with Crippen molar-refractivity contribution >= 4 is 17.6 Å². The Morgan fingerprint density at radius 2 is 1.96 bits per heavy atom. The molecule has 118 valence electrons. The van der Waals surface area contributed by atoms with Crippen molar-refractivity contribution in [3.05, 3.63) is 47.7 Å². The van der Waals surface area contributed by atoms with E-state index in [4.69, 9.17) is 9.47 Å². The zero-order chi connectivity index (χ0) is 16.2. The summed E-state index contributed by atoms with van der Waals surface area (Å²) in [6, 6.07) is 8.76. The monoisotopic (exact) mass is 313 g/mol. The third-order valence-corrected chi connectivity index (χ3v) is 3.25. The molecule has 7 nitrogen and oxygen atoms in total. The largest absolute Gasteiger partial charge is 0.454 e. The molecule has 2 N–H and O–H groups in total. The smallest absolute Gasteiger partial charge is 0.314 e. The molecule has 0 aliphatic carbocycles. The predicted octanol–water partition coefficient (Wildman–Crippen LogP) is 1.37. The molecule has 7 heteroatoms. The fourth-order valence-corrected chi connectivity index (χ4v) is 2.03. The first-order valence-electron chi connectivity index (χ1n) is 7.02. The van der Waals surface area contributed by atoms with Gasteiger partial charge in [-0.3, -0.25) is 9.59 Å². The molecule has 0 atom stereocenters. The Morgan fingerprint density at radius 3 is 2.74 bits per heavy atom. The van der Waals surface area contributed by atoms with Gasteiger partial charge in [0.15, 0.2) is 11.5 Å². The van der Waals surface area contributed by atoms with E-state index in [2.05, 4.69) is 15.6 Å². The van der Waals surface area contributed by atoms with E-state index < -0.39 is 11.8 Å². The highest BCUT2D eigenvalue weighted by atomic mass is 16.7. The highest BCUT2D eigenvalue weighted by Crippen LogP contribution is 2.32. The summed E-state index contributed by atoms with van der Waals surface area (Å²) in [6.45, 7) is 2.29. The number of carbonyl (C=O) groups is 2. The maximum absolute atomic E-state index is 11.8. The topological polar surface area (TPSA) is 89.6 Å². The zero-order valence-corrected chi connectivity index (χ0v) is 12.5. The van der Waals surface area contributed by atoms with E-state index in [1.165, 1.54) is 0 Å². The van der Waals surface area contributed by atoms with Crippen LogP contribution in [0.2, 0.25) is 0 Å². The molecule has 2 amide bonds. The Balaban J connectivity index is 1.54. The minimum absolute atomic E-state index is 0.192. The first-order valence-corrected chi connectivity index (χ1v) is 7.02. The highest BCUT2D eigenvalue weighted by molar-refractivity contribution is 6.39. The lowest BCUT2D eigenvalue weighted by Gasteiger charge is -2.07. The molecule has 1 aliphatic rings. The van der Waals surface area contributed by atoms with Crippen molar-refractivity contribution in [2.45, 2.75) is 13.5 Å². The van der Waals surface area contributed by atoms with Gasteiger partial charge in [0, 0.05) is 12.7 Å². The van der Waals surface area contributed by atoms with Gasteiger partial charge >= 0.3 is 11.8 Å². The highest BCUT2D eigenvalue weighted by Gasteiger charge is 2.16. The van der Waals surface area contributed by atoms with Crippen molar-refractivity contribution in [1.29, 1.82) is 0 Å². The van der Waals surface area contributed by atoms with Crippen molar-refractivity contribution in [2.24, 2.45) is 0 Å². The summed E-state index contributed by atoms with van der Waals surface area (Å²) in [4.78, 5) is 27.6. The van der Waals surface area contributed by atoms with Crippen LogP contribution < -0.4 is 20.1 Å². The number of aryl methyl sites for hydroxylation is 1. The van der Waals surface area contributed by atoms with Crippen LogP contribution in [0.25, 0.3) is 0 Å². The first kappa shape index (κ1) is 14.8. The molecule has 0 saturated heterocycles. The number of pyridine rings is 1. The van der Waals surface area contributed by atoms with Crippen LogP contribution in [0.5, 0.6) is 11.5 Å². The summed E-state index contributed by atoms with van der Waals surface area (Å²) in [5, 5.41) is 4.99. The fourth-order valence-electron chi connectivity index (χ4n) is 2.03. The van der Waals surface area contributed by atoms with Gasteiger partial charge < -0.3 is 20.1 Å². The second-order valence-corrected chi connectivity index (χ2v) is 5.05. The van der Waals surface area contributed by atoms with Gasteiger partial charge in [0.2, 0.25) is 6.79 Å². The van der Waals surface area contributed by atoms with Crippen LogP contribution in [0.15, 0.2) is 36.5 Å². The van der Waals surface area contributed by atoms with Crippen LogP contribution >= 0.6 is 0 Å². The second-order valence-electron chi connectivity index (χ2n) is 5.05. The number of aromatic nitrogens is 1. The van der Waals surface area contributed by atoms with Crippen LogP contribution in [0.4, 0.5) is 5.82 Å². The molecule has 0 spiro atoms. The Hall–Kier alpha value is -3.09. The Kier molecular flexibility index (Phi) is 4.09. The molecule has 0 bridgehead atoms. The summed E-state index contributed by atoms with van der Waals surface area (Å²) >= 11 is 0. The molecule has 1 aromatic heterocycles. The standard InChI is InChI=1S/C16H15N3O4/c1-10-2-5-14(17-7-10)19-16(21)15(20)18-8-11-3-4-12-13(6-11)23-9-22-12/h2-7H,8-9H2,1H3,(H,18,20)(H,17,19,21).